The van der Waals surface area contributed by atoms with Gasteiger partial charge in [0.2, 0.25) is 0 Å². The second kappa shape index (κ2) is 3.65. The van der Waals surface area contributed by atoms with E-state index in [1.54, 1.807) is 6.07 Å². The molecule has 0 amide bonds. The number of rotatable bonds is 2. The molecule has 2 aromatic rings. The Morgan fingerprint density at radius 1 is 1.40 bits per heavy atom. The van der Waals surface area contributed by atoms with Crippen LogP contribution in [0, 0.1) is 0 Å². The third-order valence-electron chi connectivity index (χ3n) is 2.31. The molecule has 4 nitrogen and oxygen atoms in total. The van der Waals surface area contributed by atoms with E-state index in [1.807, 2.05) is 36.0 Å². The molecule has 0 unspecified atom stereocenters. The fourth-order valence-electron chi connectivity index (χ4n) is 1.51. The van der Waals surface area contributed by atoms with Gasteiger partial charge in [-0.3, -0.25) is 0 Å². The van der Waals surface area contributed by atoms with Crippen molar-refractivity contribution in [1.82, 2.24) is 9.55 Å². The van der Waals surface area contributed by atoms with Crippen LogP contribution in [0.5, 0.6) is 0 Å². The van der Waals surface area contributed by atoms with E-state index < -0.39 is 0 Å². The Labute approximate surface area is 87.5 Å². The number of aromatic nitrogens is 2. The minimum absolute atomic E-state index is 0.351. The molecule has 0 fully saturated rings. The lowest BCUT2D eigenvalue weighted by atomic mass is 10.3. The van der Waals surface area contributed by atoms with Crippen molar-refractivity contribution in [3.8, 4) is 11.4 Å². The van der Waals surface area contributed by atoms with Gasteiger partial charge in [0, 0.05) is 13.2 Å². The highest BCUT2D eigenvalue weighted by molar-refractivity contribution is 5.88. The van der Waals surface area contributed by atoms with Crippen molar-refractivity contribution in [2.45, 2.75) is 0 Å². The Kier molecular flexibility index (Phi) is 2.33. The van der Waals surface area contributed by atoms with Crippen LogP contribution in [0.15, 0.2) is 30.5 Å². The molecule has 2 heterocycles. The summed E-state index contributed by atoms with van der Waals surface area (Å²) in [6, 6.07) is 7.51. The molecule has 0 aliphatic heterocycles. The number of esters is 1. The summed E-state index contributed by atoms with van der Waals surface area (Å²) in [5.41, 5.74) is 2.40. The van der Waals surface area contributed by atoms with Gasteiger partial charge in [0.15, 0.2) is 0 Å². The maximum atomic E-state index is 11.2. The van der Waals surface area contributed by atoms with Gasteiger partial charge in [0.05, 0.1) is 18.5 Å². The average molecular weight is 204 g/mol. The highest BCUT2D eigenvalue weighted by Gasteiger charge is 2.09. The van der Waals surface area contributed by atoms with Crippen LogP contribution in [0.25, 0.3) is 11.4 Å². The number of aryl methyl sites for hydroxylation is 1. The molecule has 4 heteroatoms. The Morgan fingerprint density at radius 2 is 2.20 bits per heavy atom. The van der Waals surface area contributed by atoms with E-state index >= 15 is 0 Å². The maximum absolute atomic E-state index is 11.2. The van der Waals surface area contributed by atoms with Crippen LogP contribution in [0.1, 0.15) is 10.5 Å². The lowest BCUT2D eigenvalue weighted by Gasteiger charge is -1.99. The van der Waals surface area contributed by atoms with E-state index in [9.17, 15) is 4.79 Å². The van der Waals surface area contributed by atoms with Gasteiger partial charge in [-0.05, 0) is 24.3 Å². The van der Waals surface area contributed by atoms with Gasteiger partial charge in [0.25, 0.3) is 0 Å². The van der Waals surface area contributed by atoms with Gasteiger partial charge in [-0.25, -0.2) is 4.79 Å². The Morgan fingerprint density at radius 3 is 2.80 bits per heavy atom. The zero-order chi connectivity index (χ0) is 10.8. The molecule has 0 radical (unpaired) electrons. The Hall–Kier alpha value is -1.97. The smallest absolute Gasteiger partial charge is 0.354 e. The van der Waals surface area contributed by atoms with E-state index in [1.165, 1.54) is 7.11 Å². The molecule has 78 valence electrons. The molecule has 0 aliphatic carbocycles. The Bertz CT molecular complexity index is 482. The molecular formula is C11H12N2O2. The minimum atomic E-state index is -0.351. The lowest BCUT2D eigenvalue weighted by molar-refractivity contribution is 0.0595. The normalized spacial score (nSPS) is 10.3. The third-order valence-corrected chi connectivity index (χ3v) is 2.31. The van der Waals surface area contributed by atoms with Crippen LogP contribution in [0.2, 0.25) is 0 Å². The number of nitrogens with one attached hydrogen (secondary N) is 1. The fourth-order valence-corrected chi connectivity index (χ4v) is 1.51. The molecule has 0 saturated heterocycles. The highest BCUT2D eigenvalue weighted by atomic mass is 16.5. The van der Waals surface area contributed by atoms with Gasteiger partial charge < -0.3 is 14.3 Å². The molecule has 0 spiro atoms. The quantitative estimate of drug-likeness (QED) is 0.758. The van der Waals surface area contributed by atoms with Crippen LogP contribution in [-0.2, 0) is 11.8 Å². The molecule has 0 aromatic carbocycles. The average Bonchev–Trinajstić information content (AvgIpc) is 2.84. The number of ether oxygens (including phenoxy) is 1. The van der Waals surface area contributed by atoms with Crippen molar-refractivity contribution in [3.05, 3.63) is 36.2 Å². The number of hydrogen-bond donors (Lipinski definition) is 1. The number of H-pyrrole nitrogens is 1. The summed E-state index contributed by atoms with van der Waals surface area (Å²) in [5, 5.41) is 0. The van der Waals surface area contributed by atoms with Crippen molar-refractivity contribution in [1.29, 1.82) is 0 Å². The zero-order valence-corrected chi connectivity index (χ0v) is 8.65. The number of aromatic amines is 1. The number of nitrogens with zero attached hydrogens (tertiary/aromatic N) is 1. The number of carbonyl (C=O) groups is 1. The number of carbonyl (C=O) groups excluding carboxylic acids is 1. The topological polar surface area (TPSA) is 47.0 Å². The van der Waals surface area contributed by atoms with Gasteiger partial charge in [-0.1, -0.05) is 0 Å². The standard InChI is InChI=1S/C11H12N2O2/c1-13-7-3-4-10(13)8-5-6-9(12-8)11(14)15-2/h3-7,12H,1-2H3. The Balaban J connectivity index is 2.36. The summed E-state index contributed by atoms with van der Waals surface area (Å²) in [5.74, 6) is -0.351. The molecule has 0 bridgehead atoms. The third kappa shape index (κ3) is 1.66. The van der Waals surface area contributed by atoms with E-state index in [0.29, 0.717) is 5.69 Å². The number of hydrogen-bond acceptors (Lipinski definition) is 2. The zero-order valence-electron chi connectivity index (χ0n) is 8.65. The molecule has 0 saturated carbocycles. The highest BCUT2D eigenvalue weighted by Crippen LogP contribution is 2.18. The van der Waals surface area contributed by atoms with Crippen molar-refractivity contribution in [2.75, 3.05) is 7.11 Å². The maximum Gasteiger partial charge on any atom is 0.354 e. The first kappa shape index (κ1) is 9.58. The van der Waals surface area contributed by atoms with E-state index in [4.69, 9.17) is 0 Å². The van der Waals surface area contributed by atoms with Crippen molar-refractivity contribution in [2.24, 2.45) is 7.05 Å². The first-order valence-electron chi connectivity index (χ1n) is 4.61. The summed E-state index contributed by atoms with van der Waals surface area (Å²) in [4.78, 5) is 14.2. The van der Waals surface area contributed by atoms with Crippen molar-refractivity contribution < 1.29 is 9.53 Å². The molecule has 2 aromatic heterocycles. The predicted molar refractivity (Wildman–Crippen MR) is 56.5 cm³/mol. The van der Waals surface area contributed by atoms with Crippen LogP contribution in [0.4, 0.5) is 0 Å². The largest absolute Gasteiger partial charge is 0.464 e. The van der Waals surface area contributed by atoms with Crippen LogP contribution >= 0.6 is 0 Å². The second-order valence-corrected chi connectivity index (χ2v) is 3.28. The molecule has 15 heavy (non-hydrogen) atoms. The van der Waals surface area contributed by atoms with Crippen molar-refractivity contribution >= 4 is 5.97 Å². The SMILES string of the molecule is COC(=O)c1ccc(-c2cccn2C)[nH]1. The van der Waals surface area contributed by atoms with Gasteiger partial charge in [0.1, 0.15) is 5.69 Å². The predicted octanol–water partition coefficient (Wildman–Crippen LogP) is 1.81. The van der Waals surface area contributed by atoms with E-state index in [-0.39, 0.29) is 5.97 Å². The molecule has 0 atom stereocenters. The van der Waals surface area contributed by atoms with Crippen LogP contribution in [-0.4, -0.2) is 22.6 Å². The summed E-state index contributed by atoms with van der Waals surface area (Å²) in [7, 11) is 3.32. The lowest BCUT2D eigenvalue weighted by Crippen LogP contribution is -2.01. The molecule has 1 N–H and O–H groups in total. The van der Waals surface area contributed by atoms with Gasteiger partial charge in [-0.2, -0.15) is 0 Å². The number of methoxy groups -OCH3 is 1. The fraction of sp³-hybridized carbons (Fsp3) is 0.182. The molecular weight excluding hydrogens is 192 g/mol. The summed E-state index contributed by atoms with van der Waals surface area (Å²) in [6.07, 6.45) is 1.95. The molecule has 0 aliphatic rings. The van der Waals surface area contributed by atoms with Gasteiger partial charge >= 0.3 is 5.97 Å². The van der Waals surface area contributed by atoms with E-state index in [2.05, 4.69) is 9.72 Å². The summed E-state index contributed by atoms with van der Waals surface area (Å²) in [6.45, 7) is 0. The van der Waals surface area contributed by atoms with E-state index in [0.717, 1.165) is 11.4 Å². The first-order chi connectivity index (χ1) is 7.22. The molecule has 2 rings (SSSR count). The first-order valence-corrected chi connectivity index (χ1v) is 4.61. The van der Waals surface area contributed by atoms with Crippen LogP contribution < -0.4 is 0 Å². The summed E-state index contributed by atoms with van der Waals surface area (Å²) < 4.78 is 6.60. The van der Waals surface area contributed by atoms with Crippen molar-refractivity contribution in [3.63, 3.8) is 0 Å². The minimum Gasteiger partial charge on any atom is -0.464 e. The second-order valence-electron chi connectivity index (χ2n) is 3.28. The summed E-state index contributed by atoms with van der Waals surface area (Å²) >= 11 is 0. The van der Waals surface area contributed by atoms with Crippen LogP contribution in [0.3, 0.4) is 0 Å². The monoisotopic (exact) mass is 204 g/mol. The van der Waals surface area contributed by atoms with Gasteiger partial charge in [-0.15, -0.1) is 0 Å².